The maximum absolute atomic E-state index is 10.7. The van der Waals surface area contributed by atoms with Crippen LogP contribution < -0.4 is 4.74 Å². The van der Waals surface area contributed by atoms with Gasteiger partial charge in [-0.05, 0) is 25.0 Å². The zero-order valence-electron chi connectivity index (χ0n) is 7.91. The lowest BCUT2D eigenvalue weighted by Gasteiger charge is -2.01. The van der Waals surface area contributed by atoms with Gasteiger partial charge in [0.05, 0.1) is 13.3 Å². The van der Waals surface area contributed by atoms with Crippen LogP contribution in [-0.4, -0.2) is 17.9 Å². The van der Waals surface area contributed by atoms with Gasteiger partial charge in [0.15, 0.2) is 0 Å². The van der Waals surface area contributed by atoms with Crippen molar-refractivity contribution in [2.45, 2.75) is 19.8 Å². The number of rotatable bonds is 4. The molecule has 3 heteroatoms. The molecule has 0 unspecified atom stereocenters. The van der Waals surface area contributed by atoms with Gasteiger partial charge in [-0.15, -0.1) is 0 Å². The molecule has 0 spiro atoms. The van der Waals surface area contributed by atoms with E-state index in [1.165, 1.54) is 0 Å². The number of aromatic nitrogens is 1. The summed E-state index contributed by atoms with van der Waals surface area (Å²) in [4.78, 5) is 14.7. The van der Waals surface area contributed by atoms with Crippen molar-refractivity contribution in [2.24, 2.45) is 0 Å². The summed E-state index contributed by atoms with van der Waals surface area (Å²) in [6.07, 6.45) is 4.71. The molecule has 1 rings (SSSR count). The van der Waals surface area contributed by atoms with E-state index in [2.05, 4.69) is 4.98 Å². The minimum absolute atomic E-state index is 0.197. The third-order valence-electron chi connectivity index (χ3n) is 1.77. The first-order valence-electron chi connectivity index (χ1n) is 4.19. The standard InChI is InChI=1S/C10H13NO2/c1-8(12)3-4-9-5-10(13-2)7-11-6-9/h5-7H,3-4H2,1-2H3. The van der Waals surface area contributed by atoms with Gasteiger partial charge < -0.3 is 9.53 Å². The van der Waals surface area contributed by atoms with Gasteiger partial charge in [-0.25, -0.2) is 0 Å². The van der Waals surface area contributed by atoms with Gasteiger partial charge in [-0.3, -0.25) is 4.98 Å². The maximum atomic E-state index is 10.7. The fraction of sp³-hybridized carbons (Fsp3) is 0.400. The molecule has 0 bridgehead atoms. The summed E-state index contributed by atoms with van der Waals surface area (Å²) in [5.74, 6) is 0.934. The lowest BCUT2D eigenvalue weighted by molar-refractivity contribution is -0.116. The fourth-order valence-electron chi connectivity index (χ4n) is 1.03. The molecule has 13 heavy (non-hydrogen) atoms. The Hall–Kier alpha value is -1.38. The van der Waals surface area contributed by atoms with E-state index in [1.807, 2.05) is 6.07 Å². The molecule has 70 valence electrons. The van der Waals surface area contributed by atoms with Gasteiger partial charge in [0.25, 0.3) is 0 Å². The fourth-order valence-corrected chi connectivity index (χ4v) is 1.03. The minimum atomic E-state index is 0.197. The largest absolute Gasteiger partial charge is 0.495 e. The van der Waals surface area contributed by atoms with E-state index in [9.17, 15) is 4.79 Å². The van der Waals surface area contributed by atoms with E-state index >= 15 is 0 Å². The molecule has 1 aromatic heterocycles. The number of pyridine rings is 1. The third-order valence-corrected chi connectivity index (χ3v) is 1.77. The van der Waals surface area contributed by atoms with Gasteiger partial charge in [-0.2, -0.15) is 0 Å². The highest BCUT2D eigenvalue weighted by Gasteiger charge is 1.98. The van der Waals surface area contributed by atoms with E-state index in [1.54, 1.807) is 26.4 Å². The van der Waals surface area contributed by atoms with Gasteiger partial charge >= 0.3 is 0 Å². The first-order chi connectivity index (χ1) is 6.22. The zero-order chi connectivity index (χ0) is 9.68. The number of methoxy groups -OCH3 is 1. The Morgan fingerprint density at radius 2 is 2.31 bits per heavy atom. The van der Waals surface area contributed by atoms with Crippen LogP contribution in [0.4, 0.5) is 0 Å². The van der Waals surface area contributed by atoms with E-state index in [-0.39, 0.29) is 5.78 Å². The van der Waals surface area contributed by atoms with Crippen LogP contribution in [0.1, 0.15) is 18.9 Å². The zero-order valence-corrected chi connectivity index (χ0v) is 7.91. The summed E-state index contributed by atoms with van der Waals surface area (Å²) in [5, 5.41) is 0. The minimum Gasteiger partial charge on any atom is -0.495 e. The first-order valence-corrected chi connectivity index (χ1v) is 4.19. The maximum Gasteiger partial charge on any atom is 0.137 e. The number of Topliss-reactive ketones (excluding diaryl/α,β-unsaturated/α-hetero) is 1. The number of ether oxygens (including phenoxy) is 1. The molecule has 0 N–H and O–H groups in total. The molecule has 0 aromatic carbocycles. The number of ketones is 1. The molecule has 0 aliphatic carbocycles. The van der Waals surface area contributed by atoms with Crippen molar-refractivity contribution in [3.63, 3.8) is 0 Å². The summed E-state index contributed by atoms with van der Waals surface area (Å²) >= 11 is 0. The molecule has 1 heterocycles. The number of carbonyl (C=O) groups excluding carboxylic acids is 1. The molecule has 3 nitrogen and oxygen atoms in total. The van der Waals surface area contributed by atoms with Crippen molar-refractivity contribution in [2.75, 3.05) is 7.11 Å². The number of hydrogen-bond donors (Lipinski definition) is 0. The second-order valence-electron chi connectivity index (χ2n) is 2.94. The molecule has 0 saturated carbocycles. The molecular weight excluding hydrogens is 166 g/mol. The molecule has 0 fully saturated rings. The molecule has 0 radical (unpaired) electrons. The summed E-state index contributed by atoms with van der Waals surface area (Å²) in [6.45, 7) is 1.59. The molecule has 0 atom stereocenters. The lowest BCUT2D eigenvalue weighted by Crippen LogP contribution is -1.95. The molecule has 0 aliphatic heterocycles. The van der Waals surface area contributed by atoms with Crippen molar-refractivity contribution >= 4 is 5.78 Å². The van der Waals surface area contributed by atoms with Gasteiger partial charge in [0.2, 0.25) is 0 Å². The number of aryl methyl sites for hydroxylation is 1. The Morgan fingerprint density at radius 3 is 2.92 bits per heavy atom. The SMILES string of the molecule is COc1cncc(CCC(C)=O)c1. The predicted octanol–water partition coefficient (Wildman–Crippen LogP) is 1.61. The Balaban J connectivity index is 2.61. The second kappa shape index (κ2) is 4.60. The van der Waals surface area contributed by atoms with Gasteiger partial charge in [0.1, 0.15) is 11.5 Å². The van der Waals surface area contributed by atoms with Crippen LogP contribution in [0, 0.1) is 0 Å². The monoisotopic (exact) mass is 179 g/mol. The predicted molar refractivity (Wildman–Crippen MR) is 49.8 cm³/mol. The second-order valence-corrected chi connectivity index (χ2v) is 2.94. The van der Waals surface area contributed by atoms with Crippen molar-refractivity contribution in [3.8, 4) is 5.75 Å². The van der Waals surface area contributed by atoms with Gasteiger partial charge in [0, 0.05) is 12.6 Å². The summed E-state index contributed by atoms with van der Waals surface area (Å²) in [7, 11) is 1.60. The molecular formula is C10H13NO2. The highest BCUT2D eigenvalue weighted by Crippen LogP contribution is 2.11. The van der Waals surface area contributed by atoms with Crippen LogP contribution >= 0.6 is 0 Å². The lowest BCUT2D eigenvalue weighted by atomic mass is 10.1. The van der Waals surface area contributed by atoms with Crippen LogP contribution in [0.25, 0.3) is 0 Å². The van der Waals surface area contributed by atoms with Crippen LogP contribution in [0.3, 0.4) is 0 Å². The van der Waals surface area contributed by atoms with E-state index in [4.69, 9.17) is 4.74 Å². The van der Waals surface area contributed by atoms with E-state index in [0.717, 1.165) is 17.7 Å². The van der Waals surface area contributed by atoms with Crippen molar-refractivity contribution < 1.29 is 9.53 Å². The Morgan fingerprint density at radius 1 is 1.54 bits per heavy atom. The molecule has 0 aliphatic rings. The van der Waals surface area contributed by atoms with E-state index in [0.29, 0.717) is 6.42 Å². The Bertz CT molecular complexity index is 297. The van der Waals surface area contributed by atoms with Crippen molar-refractivity contribution in [3.05, 3.63) is 24.0 Å². The normalized spacial score (nSPS) is 9.69. The first kappa shape index (κ1) is 9.71. The molecule has 1 aromatic rings. The van der Waals surface area contributed by atoms with Gasteiger partial charge in [-0.1, -0.05) is 0 Å². The topological polar surface area (TPSA) is 39.2 Å². The average molecular weight is 179 g/mol. The Kier molecular flexibility index (Phi) is 3.43. The highest BCUT2D eigenvalue weighted by molar-refractivity contribution is 5.75. The highest BCUT2D eigenvalue weighted by atomic mass is 16.5. The van der Waals surface area contributed by atoms with Crippen molar-refractivity contribution in [1.82, 2.24) is 4.98 Å². The number of hydrogen-bond acceptors (Lipinski definition) is 3. The Labute approximate surface area is 77.8 Å². The summed E-state index contributed by atoms with van der Waals surface area (Å²) < 4.78 is 5.01. The third kappa shape index (κ3) is 3.23. The van der Waals surface area contributed by atoms with Crippen LogP contribution in [0.15, 0.2) is 18.5 Å². The smallest absolute Gasteiger partial charge is 0.137 e. The summed E-state index contributed by atoms with van der Waals surface area (Å²) in [5.41, 5.74) is 1.04. The summed E-state index contributed by atoms with van der Waals surface area (Å²) in [6, 6.07) is 1.90. The van der Waals surface area contributed by atoms with Crippen molar-refractivity contribution in [1.29, 1.82) is 0 Å². The quantitative estimate of drug-likeness (QED) is 0.705. The van der Waals surface area contributed by atoms with Crippen LogP contribution in [0.5, 0.6) is 5.75 Å². The van der Waals surface area contributed by atoms with E-state index < -0.39 is 0 Å². The van der Waals surface area contributed by atoms with Crippen LogP contribution in [0.2, 0.25) is 0 Å². The number of carbonyl (C=O) groups is 1. The molecule has 0 amide bonds. The average Bonchev–Trinajstić information content (AvgIpc) is 2.15. The number of nitrogens with zero attached hydrogens (tertiary/aromatic N) is 1. The molecule has 0 saturated heterocycles. The van der Waals surface area contributed by atoms with Crippen LogP contribution in [-0.2, 0) is 11.2 Å².